The van der Waals surface area contributed by atoms with Gasteiger partial charge in [0, 0.05) is 23.4 Å². The van der Waals surface area contributed by atoms with Crippen molar-refractivity contribution in [2.45, 2.75) is 31.9 Å². The Morgan fingerprint density at radius 1 is 1.34 bits per heavy atom. The molecule has 0 bridgehead atoms. The molecule has 4 rings (SSSR count). The van der Waals surface area contributed by atoms with Crippen LogP contribution in [0, 0.1) is 39.8 Å². The lowest BCUT2D eigenvalue weighted by Crippen LogP contribution is -2.49. The highest BCUT2D eigenvalue weighted by atomic mass is 19.1. The molecule has 1 aromatic carbocycles. The molecule has 3 N–H and O–H groups in total. The van der Waals surface area contributed by atoms with E-state index in [1.54, 1.807) is 6.92 Å². The molecule has 2 aliphatic heterocycles. The second-order valence-electron chi connectivity index (χ2n) is 8.38. The van der Waals surface area contributed by atoms with Crippen LogP contribution in [0.15, 0.2) is 41.5 Å². The summed E-state index contributed by atoms with van der Waals surface area (Å²) in [5.74, 6) is -1.12. The van der Waals surface area contributed by atoms with Crippen LogP contribution in [0.1, 0.15) is 41.9 Å². The molecular formula is C23H21FN6O2. The Morgan fingerprint density at radius 3 is 2.78 bits per heavy atom. The van der Waals surface area contributed by atoms with Crippen LogP contribution in [0.25, 0.3) is 0 Å². The van der Waals surface area contributed by atoms with Crippen LogP contribution in [-0.4, -0.2) is 29.4 Å². The molecule has 1 fully saturated rings. The smallest absolute Gasteiger partial charge is 0.274 e. The van der Waals surface area contributed by atoms with Crippen molar-refractivity contribution in [3.63, 3.8) is 0 Å². The van der Waals surface area contributed by atoms with Gasteiger partial charge in [0.15, 0.2) is 0 Å². The van der Waals surface area contributed by atoms with E-state index in [2.05, 4.69) is 21.4 Å². The molecule has 0 radical (unpaired) electrons. The van der Waals surface area contributed by atoms with E-state index >= 15 is 4.39 Å². The van der Waals surface area contributed by atoms with Crippen LogP contribution in [0.4, 0.5) is 10.1 Å². The first kappa shape index (κ1) is 21.4. The lowest BCUT2D eigenvalue weighted by Gasteiger charge is -2.41. The van der Waals surface area contributed by atoms with E-state index in [-0.39, 0.29) is 35.7 Å². The number of amidine groups is 1. The second-order valence-corrected chi connectivity index (χ2v) is 8.38. The molecule has 162 valence electrons. The third-order valence-corrected chi connectivity index (χ3v) is 6.32. The molecule has 1 saturated heterocycles. The van der Waals surface area contributed by atoms with Crippen molar-refractivity contribution in [2.24, 2.45) is 22.1 Å². The van der Waals surface area contributed by atoms with Gasteiger partial charge in [-0.15, -0.1) is 0 Å². The van der Waals surface area contributed by atoms with Gasteiger partial charge in [-0.2, -0.15) is 10.5 Å². The highest BCUT2D eigenvalue weighted by Gasteiger charge is 2.57. The minimum Gasteiger partial charge on any atom is -0.386 e. The summed E-state index contributed by atoms with van der Waals surface area (Å²) in [7, 11) is 0. The van der Waals surface area contributed by atoms with Crippen LogP contribution in [0.3, 0.4) is 0 Å². The number of aromatic nitrogens is 1. The maximum absolute atomic E-state index is 15.1. The van der Waals surface area contributed by atoms with Gasteiger partial charge in [-0.05, 0) is 50.6 Å². The quantitative estimate of drug-likeness (QED) is 0.765. The van der Waals surface area contributed by atoms with E-state index in [1.165, 1.54) is 36.5 Å². The average Bonchev–Trinajstić information content (AvgIpc) is 3.11. The van der Waals surface area contributed by atoms with Crippen molar-refractivity contribution in [3.8, 4) is 12.1 Å². The maximum atomic E-state index is 15.1. The topological polar surface area (TPSA) is 137 Å². The standard InChI is InChI=1S/C23H21FN6O2/c1-13-17-8-22(2,11-26)21(27)30-23(17,12-32-13)16-7-15(4-5-18(16)24)29-20(31)19-6-3-14(9-25)10-28-19/h3-7,10,13,17H,8,12H2,1-2H3,(H2,27,30)(H,29,31)/t13-,17-,22-,23-/m1/s1. The first-order chi connectivity index (χ1) is 15.2. The van der Waals surface area contributed by atoms with Gasteiger partial charge in [0.25, 0.3) is 5.91 Å². The third-order valence-electron chi connectivity index (χ3n) is 6.32. The van der Waals surface area contributed by atoms with Crippen LogP contribution < -0.4 is 11.1 Å². The number of hydrogen-bond donors (Lipinski definition) is 2. The number of carbonyl (C=O) groups excluding carboxylic acids is 1. The van der Waals surface area contributed by atoms with Crippen LogP contribution >= 0.6 is 0 Å². The first-order valence-corrected chi connectivity index (χ1v) is 10.1. The number of anilines is 1. The van der Waals surface area contributed by atoms with E-state index in [0.717, 1.165) is 0 Å². The Kier molecular flexibility index (Phi) is 5.15. The van der Waals surface area contributed by atoms with Gasteiger partial charge in [0.2, 0.25) is 0 Å². The summed E-state index contributed by atoms with van der Waals surface area (Å²) in [6.07, 6.45) is 1.43. The number of aliphatic imine (C=N–C) groups is 1. The minimum atomic E-state index is -1.09. The molecule has 9 heteroatoms. The van der Waals surface area contributed by atoms with Gasteiger partial charge in [0.05, 0.1) is 24.3 Å². The number of nitriles is 2. The zero-order valence-corrected chi connectivity index (χ0v) is 17.6. The highest BCUT2D eigenvalue weighted by molar-refractivity contribution is 6.03. The monoisotopic (exact) mass is 432 g/mol. The summed E-state index contributed by atoms with van der Waals surface area (Å²) in [6.45, 7) is 3.71. The Labute approximate surface area is 184 Å². The fourth-order valence-electron chi connectivity index (χ4n) is 4.37. The number of fused-ring (bicyclic) bond motifs is 1. The number of amides is 1. The van der Waals surface area contributed by atoms with Crippen molar-refractivity contribution >= 4 is 17.4 Å². The van der Waals surface area contributed by atoms with Crippen molar-refractivity contribution in [1.82, 2.24) is 4.98 Å². The second kappa shape index (κ2) is 7.70. The Hall–Kier alpha value is -3.82. The van der Waals surface area contributed by atoms with Crippen molar-refractivity contribution in [3.05, 3.63) is 59.2 Å². The van der Waals surface area contributed by atoms with Gasteiger partial charge in [-0.3, -0.25) is 9.79 Å². The number of pyridine rings is 1. The van der Waals surface area contributed by atoms with Gasteiger partial charge in [-0.25, -0.2) is 9.37 Å². The third kappa shape index (κ3) is 3.37. The van der Waals surface area contributed by atoms with Gasteiger partial charge in [0.1, 0.15) is 34.4 Å². The van der Waals surface area contributed by atoms with E-state index in [0.29, 0.717) is 17.7 Å². The minimum absolute atomic E-state index is 0.118. The molecule has 4 atom stereocenters. The lowest BCUT2D eigenvalue weighted by molar-refractivity contribution is 0.0995. The molecule has 32 heavy (non-hydrogen) atoms. The normalized spacial score (nSPS) is 28.7. The summed E-state index contributed by atoms with van der Waals surface area (Å²) in [5.41, 5.74) is 5.18. The predicted octanol–water partition coefficient (Wildman–Crippen LogP) is 2.87. The Morgan fingerprint density at radius 2 is 2.12 bits per heavy atom. The fraction of sp³-hybridized carbons (Fsp3) is 0.348. The van der Waals surface area contributed by atoms with Crippen LogP contribution in [-0.2, 0) is 10.3 Å². The molecule has 2 aliphatic rings. The van der Waals surface area contributed by atoms with Gasteiger partial charge < -0.3 is 15.8 Å². The van der Waals surface area contributed by atoms with E-state index in [1.807, 2.05) is 13.0 Å². The zero-order chi connectivity index (χ0) is 23.1. The number of nitrogens with zero attached hydrogens (tertiary/aromatic N) is 4. The van der Waals surface area contributed by atoms with Crippen molar-refractivity contribution in [2.75, 3.05) is 11.9 Å². The number of rotatable bonds is 3. The van der Waals surface area contributed by atoms with Crippen LogP contribution in [0.5, 0.6) is 0 Å². The largest absolute Gasteiger partial charge is 0.386 e. The van der Waals surface area contributed by atoms with Gasteiger partial charge in [-0.1, -0.05) is 0 Å². The Bertz CT molecular complexity index is 1200. The molecule has 0 aliphatic carbocycles. The molecule has 0 spiro atoms. The number of benzene rings is 1. The molecule has 8 nitrogen and oxygen atoms in total. The molecule has 0 unspecified atom stereocenters. The summed E-state index contributed by atoms with van der Waals surface area (Å²) in [6, 6.07) is 11.3. The number of nitrogens with two attached hydrogens (primary N) is 1. The predicted molar refractivity (Wildman–Crippen MR) is 114 cm³/mol. The number of hydrogen-bond acceptors (Lipinski definition) is 7. The summed E-state index contributed by atoms with van der Waals surface area (Å²) >= 11 is 0. The zero-order valence-electron chi connectivity index (χ0n) is 17.6. The van der Waals surface area contributed by atoms with Gasteiger partial charge >= 0.3 is 0 Å². The highest BCUT2D eigenvalue weighted by Crippen LogP contribution is 2.52. The molecular weight excluding hydrogens is 411 g/mol. The van der Waals surface area contributed by atoms with E-state index in [9.17, 15) is 10.1 Å². The maximum Gasteiger partial charge on any atom is 0.274 e. The average molecular weight is 432 g/mol. The number of halogens is 1. The fourth-order valence-corrected chi connectivity index (χ4v) is 4.37. The van der Waals surface area contributed by atoms with E-state index in [4.69, 9.17) is 15.7 Å². The van der Waals surface area contributed by atoms with Crippen molar-refractivity contribution < 1.29 is 13.9 Å². The molecule has 1 amide bonds. The lowest BCUT2D eigenvalue weighted by atomic mass is 9.67. The van der Waals surface area contributed by atoms with Crippen LogP contribution in [0.2, 0.25) is 0 Å². The Balaban J connectivity index is 1.71. The molecule has 1 aromatic heterocycles. The van der Waals surface area contributed by atoms with Crippen molar-refractivity contribution in [1.29, 1.82) is 10.5 Å². The summed E-state index contributed by atoms with van der Waals surface area (Å²) in [5, 5.41) is 21.2. The summed E-state index contributed by atoms with van der Waals surface area (Å²) < 4.78 is 20.9. The number of carbonyl (C=O) groups is 1. The number of ether oxygens (including phenoxy) is 1. The van der Waals surface area contributed by atoms with E-state index < -0.39 is 22.7 Å². The summed E-state index contributed by atoms with van der Waals surface area (Å²) in [4.78, 5) is 21.2. The molecule has 0 saturated carbocycles. The molecule has 3 heterocycles. The molecule has 2 aromatic rings. The SMILES string of the molecule is C[C@H]1OC[C@]2(c3cc(NC(=O)c4ccc(C#N)cn4)ccc3F)N=C(N)[C@@](C)(C#N)C[C@H]12. The number of nitrogens with one attached hydrogen (secondary N) is 1. The first-order valence-electron chi connectivity index (χ1n) is 10.1.